The number of ether oxygens (including phenoxy) is 1. The molecular formula is C36H43N3O3. The number of piperidine rings is 1. The smallest absolute Gasteiger partial charge is 0.306 e. The van der Waals surface area contributed by atoms with Crippen LogP contribution in [0, 0.1) is 6.92 Å². The van der Waals surface area contributed by atoms with Crippen LogP contribution in [0.5, 0.6) is 0 Å². The van der Waals surface area contributed by atoms with Gasteiger partial charge in [0.15, 0.2) is 0 Å². The van der Waals surface area contributed by atoms with Crippen LogP contribution in [0.1, 0.15) is 80.3 Å². The van der Waals surface area contributed by atoms with Crippen molar-refractivity contribution in [2.24, 2.45) is 0 Å². The molecule has 220 valence electrons. The summed E-state index contributed by atoms with van der Waals surface area (Å²) in [6.45, 7) is 9.85. The molecule has 6 nitrogen and oxygen atoms in total. The van der Waals surface area contributed by atoms with E-state index < -0.39 is 5.60 Å². The summed E-state index contributed by atoms with van der Waals surface area (Å²) < 4.78 is 5.48. The van der Waals surface area contributed by atoms with E-state index in [1.807, 2.05) is 57.3 Å². The molecule has 1 aromatic heterocycles. The number of carbonyl (C=O) groups excluding carboxylic acids is 2. The number of rotatable bonds is 9. The number of anilines is 1. The number of fused-ring (bicyclic) bond motifs is 1. The van der Waals surface area contributed by atoms with Crippen molar-refractivity contribution in [2.45, 2.75) is 77.9 Å². The maximum atomic E-state index is 13.6. The number of nitrogens with zero attached hydrogens (tertiary/aromatic N) is 1. The molecule has 0 radical (unpaired) electrons. The molecule has 1 atom stereocenters. The predicted octanol–water partition coefficient (Wildman–Crippen LogP) is 7.19. The van der Waals surface area contributed by atoms with Gasteiger partial charge in [0.25, 0.3) is 0 Å². The number of benzene rings is 3. The molecule has 5 rings (SSSR count). The molecular weight excluding hydrogens is 522 g/mol. The Bertz CT molecular complexity index is 1530. The molecule has 2 heterocycles. The molecule has 42 heavy (non-hydrogen) atoms. The number of amides is 1. The molecule has 1 aliphatic rings. The standard InChI is InChI=1S/C36H43N3O3/c1-25-13-16-29(32(21-25)39-19-9-6-10-20-39)35(27-11-7-5-8-12-27)38-33(40)23-26-14-17-31-30(22-26)28(24-37-31)15-18-34(41)42-36(2,3)4/h5,7-8,11-14,16-17,21-22,24,35,37H,6,9-10,15,18-20,23H2,1-4H3,(H,38,40). The van der Waals surface area contributed by atoms with E-state index in [0.717, 1.165) is 46.2 Å². The second kappa shape index (κ2) is 12.8. The summed E-state index contributed by atoms with van der Waals surface area (Å²) in [4.78, 5) is 31.7. The van der Waals surface area contributed by atoms with E-state index in [1.165, 1.54) is 30.5 Å². The van der Waals surface area contributed by atoms with Crippen molar-refractivity contribution in [1.29, 1.82) is 0 Å². The number of nitrogens with one attached hydrogen (secondary N) is 2. The highest BCUT2D eigenvalue weighted by atomic mass is 16.6. The van der Waals surface area contributed by atoms with Crippen molar-refractivity contribution in [2.75, 3.05) is 18.0 Å². The van der Waals surface area contributed by atoms with Crippen LogP contribution >= 0.6 is 0 Å². The minimum absolute atomic E-state index is 0.0285. The van der Waals surface area contributed by atoms with Crippen molar-refractivity contribution in [3.8, 4) is 0 Å². The third-order valence-corrected chi connectivity index (χ3v) is 7.85. The Hall–Kier alpha value is -4.06. The monoisotopic (exact) mass is 565 g/mol. The van der Waals surface area contributed by atoms with Crippen LogP contribution in [0.15, 0.2) is 72.9 Å². The Morgan fingerprint density at radius 1 is 0.976 bits per heavy atom. The van der Waals surface area contributed by atoms with Gasteiger partial charge in [-0.3, -0.25) is 9.59 Å². The molecule has 1 unspecified atom stereocenters. The number of aryl methyl sites for hydroxylation is 2. The molecule has 2 N–H and O–H groups in total. The SMILES string of the molecule is Cc1ccc(C(NC(=O)Cc2ccc3[nH]cc(CCC(=O)OC(C)(C)C)c3c2)c2ccccc2)c(N2CCCCC2)c1. The molecule has 0 aliphatic carbocycles. The number of aromatic nitrogens is 1. The molecule has 1 amide bonds. The van der Waals surface area contributed by atoms with Crippen LogP contribution in [0.2, 0.25) is 0 Å². The van der Waals surface area contributed by atoms with Gasteiger partial charge in [0.05, 0.1) is 12.5 Å². The second-order valence-electron chi connectivity index (χ2n) is 12.5. The van der Waals surface area contributed by atoms with E-state index in [2.05, 4.69) is 58.5 Å². The summed E-state index contributed by atoms with van der Waals surface area (Å²) in [5.41, 5.74) is 7.11. The molecule has 0 bridgehead atoms. The molecule has 0 spiro atoms. The van der Waals surface area contributed by atoms with Gasteiger partial charge in [-0.05, 0) is 93.8 Å². The van der Waals surface area contributed by atoms with Crippen molar-refractivity contribution >= 4 is 28.5 Å². The molecule has 3 aromatic carbocycles. The first-order valence-corrected chi connectivity index (χ1v) is 15.2. The molecule has 1 aliphatic heterocycles. The lowest BCUT2D eigenvalue weighted by Crippen LogP contribution is -2.34. The van der Waals surface area contributed by atoms with Crippen LogP contribution in [0.25, 0.3) is 10.9 Å². The Morgan fingerprint density at radius 2 is 1.74 bits per heavy atom. The highest BCUT2D eigenvalue weighted by Crippen LogP contribution is 2.34. The number of esters is 1. The minimum Gasteiger partial charge on any atom is -0.460 e. The van der Waals surface area contributed by atoms with Crippen LogP contribution in [-0.2, 0) is 27.2 Å². The zero-order valence-corrected chi connectivity index (χ0v) is 25.3. The maximum Gasteiger partial charge on any atom is 0.306 e. The summed E-state index contributed by atoms with van der Waals surface area (Å²) in [6, 6.07) is 22.7. The lowest BCUT2D eigenvalue weighted by atomic mass is 9.94. The van der Waals surface area contributed by atoms with Crippen LogP contribution < -0.4 is 10.2 Å². The largest absolute Gasteiger partial charge is 0.460 e. The normalized spacial score (nSPS) is 14.5. The van der Waals surface area contributed by atoms with E-state index in [0.29, 0.717) is 12.8 Å². The first-order chi connectivity index (χ1) is 20.2. The van der Waals surface area contributed by atoms with Crippen molar-refractivity contribution in [3.63, 3.8) is 0 Å². The van der Waals surface area contributed by atoms with E-state index in [1.54, 1.807) is 0 Å². The van der Waals surface area contributed by atoms with Crippen molar-refractivity contribution in [1.82, 2.24) is 10.3 Å². The maximum absolute atomic E-state index is 13.6. The zero-order valence-electron chi connectivity index (χ0n) is 25.3. The summed E-state index contributed by atoms with van der Waals surface area (Å²) in [5.74, 6) is -0.237. The average Bonchev–Trinajstić information content (AvgIpc) is 3.37. The summed E-state index contributed by atoms with van der Waals surface area (Å²) in [5, 5.41) is 4.42. The first-order valence-electron chi connectivity index (χ1n) is 15.2. The van der Waals surface area contributed by atoms with Gasteiger partial charge < -0.3 is 19.9 Å². The van der Waals surface area contributed by atoms with Crippen LogP contribution in [-0.4, -0.2) is 35.6 Å². The van der Waals surface area contributed by atoms with Gasteiger partial charge in [-0.15, -0.1) is 0 Å². The Labute approximate surface area is 249 Å². The molecule has 4 aromatic rings. The van der Waals surface area contributed by atoms with Crippen LogP contribution in [0.3, 0.4) is 0 Å². The average molecular weight is 566 g/mol. The fraction of sp³-hybridized carbons (Fsp3) is 0.389. The van der Waals surface area contributed by atoms with Crippen molar-refractivity contribution < 1.29 is 14.3 Å². The minimum atomic E-state index is -0.497. The first kappa shape index (κ1) is 29.4. The van der Waals surface area contributed by atoms with Crippen molar-refractivity contribution in [3.05, 3.63) is 101 Å². The Morgan fingerprint density at radius 3 is 2.48 bits per heavy atom. The van der Waals surface area contributed by atoms with Gasteiger partial charge in [-0.1, -0.05) is 48.5 Å². The predicted molar refractivity (Wildman–Crippen MR) is 170 cm³/mol. The summed E-state index contributed by atoms with van der Waals surface area (Å²) >= 11 is 0. The summed E-state index contributed by atoms with van der Waals surface area (Å²) in [6.07, 6.45) is 6.75. The third kappa shape index (κ3) is 7.41. The van der Waals surface area contributed by atoms with E-state index in [9.17, 15) is 9.59 Å². The van der Waals surface area contributed by atoms with E-state index in [-0.39, 0.29) is 24.3 Å². The molecule has 1 fully saturated rings. The van der Waals surface area contributed by atoms with Gasteiger partial charge in [0, 0.05) is 47.9 Å². The molecule has 6 heteroatoms. The molecule has 0 saturated carbocycles. The number of hydrogen-bond donors (Lipinski definition) is 2. The summed E-state index contributed by atoms with van der Waals surface area (Å²) in [7, 11) is 0. The number of aromatic amines is 1. The molecule has 1 saturated heterocycles. The highest BCUT2D eigenvalue weighted by molar-refractivity contribution is 5.87. The number of hydrogen-bond acceptors (Lipinski definition) is 4. The Kier molecular flexibility index (Phi) is 9.00. The Balaban J connectivity index is 1.36. The highest BCUT2D eigenvalue weighted by Gasteiger charge is 2.24. The van der Waals surface area contributed by atoms with Gasteiger partial charge in [0.1, 0.15) is 5.60 Å². The fourth-order valence-electron chi connectivity index (χ4n) is 5.86. The number of carbonyl (C=O) groups is 2. The fourth-order valence-corrected chi connectivity index (χ4v) is 5.86. The second-order valence-corrected chi connectivity index (χ2v) is 12.5. The lowest BCUT2D eigenvalue weighted by Gasteiger charge is -2.33. The van der Waals surface area contributed by atoms with Crippen LogP contribution in [0.4, 0.5) is 5.69 Å². The van der Waals surface area contributed by atoms with Gasteiger partial charge in [-0.25, -0.2) is 0 Å². The number of H-pyrrole nitrogens is 1. The zero-order chi connectivity index (χ0) is 29.7. The third-order valence-electron chi connectivity index (χ3n) is 7.85. The lowest BCUT2D eigenvalue weighted by molar-refractivity contribution is -0.154. The quantitative estimate of drug-likeness (QED) is 0.211. The van der Waals surface area contributed by atoms with E-state index in [4.69, 9.17) is 4.74 Å². The van der Waals surface area contributed by atoms with E-state index >= 15 is 0 Å². The van der Waals surface area contributed by atoms with Gasteiger partial charge >= 0.3 is 5.97 Å². The van der Waals surface area contributed by atoms with Gasteiger partial charge in [0.2, 0.25) is 5.91 Å². The van der Waals surface area contributed by atoms with Gasteiger partial charge in [-0.2, -0.15) is 0 Å². The topological polar surface area (TPSA) is 74.4 Å².